The van der Waals surface area contributed by atoms with Gasteiger partial charge in [-0.05, 0) is 21.3 Å². The molecule has 0 aliphatic carbocycles. The molecular weight excluding hydrogens is 224 g/mol. The van der Waals surface area contributed by atoms with Gasteiger partial charge in [-0.15, -0.1) is 11.3 Å². The SMILES string of the molecule is CC(C)(C)c1sc(N)nc1Br. The molecule has 0 amide bonds. The minimum atomic E-state index is 0.133. The first kappa shape index (κ1) is 9.00. The molecule has 0 aromatic carbocycles. The molecule has 0 spiro atoms. The Balaban J connectivity index is 3.13. The van der Waals surface area contributed by atoms with Crippen LogP contribution in [0.4, 0.5) is 5.13 Å². The van der Waals surface area contributed by atoms with Crippen LogP contribution in [0.1, 0.15) is 25.6 Å². The molecule has 0 saturated heterocycles. The zero-order valence-electron chi connectivity index (χ0n) is 6.81. The van der Waals surface area contributed by atoms with Gasteiger partial charge in [0.25, 0.3) is 0 Å². The molecule has 0 saturated carbocycles. The number of nitrogens with zero attached hydrogens (tertiary/aromatic N) is 1. The average Bonchev–Trinajstić information content (AvgIpc) is 2.08. The molecule has 0 bridgehead atoms. The maximum Gasteiger partial charge on any atom is 0.181 e. The summed E-state index contributed by atoms with van der Waals surface area (Å²) < 4.78 is 0.882. The normalized spacial score (nSPS) is 12.0. The lowest BCUT2D eigenvalue weighted by Gasteiger charge is -2.15. The predicted octanol–water partition coefficient (Wildman–Crippen LogP) is 2.79. The van der Waals surface area contributed by atoms with Crippen molar-refractivity contribution in [2.45, 2.75) is 26.2 Å². The van der Waals surface area contributed by atoms with Gasteiger partial charge in [-0.25, -0.2) is 4.98 Å². The Morgan fingerprint density at radius 3 is 2.18 bits per heavy atom. The molecule has 0 unspecified atom stereocenters. The van der Waals surface area contributed by atoms with Crippen molar-refractivity contribution in [3.8, 4) is 0 Å². The van der Waals surface area contributed by atoms with Gasteiger partial charge in [0.05, 0.1) is 0 Å². The number of nitrogens with two attached hydrogens (primary N) is 1. The van der Waals surface area contributed by atoms with Crippen molar-refractivity contribution < 1.29 is 0 Å². The lowest BCUT2D eigenvalue weighted by molar-refractivity contribution is 0.599. The highest BCUT2D eigenvalue weighted by Gasteiger charge is 2.20. The van der Waals surface area contributed by atoms with E-state index >= 15 is 0 Å². The van der Waals surface area contributed by atoms with Crippen LogP contribution in [-0.2, 0) is 5.41 Å². The first-order valence-electron chi connectivity index (χ1n) is 3.33. The molecule has 1 heterocycles. The van der Waals surface area contributed by atoms with Crippen LogP contribution in [0.2, 0.25) is 0 Å². The van der Waals surface area contributed by atoms with Crippen LogP contribution >= 0.6 is 27.3 Å². The zero-order valence-corrected chi connectivity index (χ0v) is 9.21. The van der Waals surface area contributed by atoms with Gasteiger partial charge in [0, 0.05) is 4.88 Å². The summed E-state index contributed by atoms with van der Waals surface area (Å²) in [6.45, 7) is 6.43. The number of rotatable bonds is 0. The van der Waals surface area contributed by atoms with Gasteiger partial charge >= 0.3 is 0 Å². The molecular formula is C7H11BrN2S. The van der Waals surface area contributed by atoms with Crippen LogP contribution in [0.3, 0.4) is 0 Å². The van der Waals surface area contributed by atoms with Gasteiger partial charge in [-0.3, -0.25) is 0 Å². The number of thiazole rings is 1. The summed E-state index contributed by atoms with van der Waals surface area (Å²) in [7, 11) is 0. The van der Waals surface area contributed by atoms with Gasteiger partial charge in [0.15, 0.2) is 5.13 Å². The van der Waals surface area contributed by atoms with E-state index in [2.05, 4.69) is 41.7 Å². The van der Waals surface area contributed by atoms with E-state index in [0.717, 1.165) is 4.60 Å². The van der Waals surface area contributed by atoms with E-state index < -0.39 is 0 Å². The Kier molecular flexibility index (Phi) is 2.25. The Morgan fingerprint density at radius 2 is 2.00 bits per heavy atom. The maximum atomic E-state index is 5.55. The van der Waals surface area contributed by atoms with Crippen LogP contribution in [0.15, 0.2) is 4.60 Å². The maximum absolute atomic E-state index is 5.55. The van der Waals surface area contributed by atoms with E-state index in [1.807, 2.05) is 0 Å². The molecule has 2 nitrogen and oxygen atoms in total. The zero-order chi connectivity index (χ0) is 8.65. The third-order valence-electron chi connectivity index (χ3n) is 1.28. The van der Waals surface area contributed by atoms with E-state index in [0.29, 0.717) is 5.13 Å². The van der Waals surface area contributed by atoms with Crippen molar-refractivity contribution in [2.75, 3.05) is 5.73 Å². The third-order valence-corrected chi connectivity index (χ3v) is 3.43. The predicted molar refractivity (Wildman–Crippen MR) is 52.9 cm³/mol. The number of hydrogen-bond acceptors (Lipinski definition) is 3. The fourth-order valence-corrected chi connectivity index (χ4v) is 2.71. The van der Waals surface area contributed by atoms with Crippen molar-refractivity contribution in [3.05, 3.63) is 9.48 Å². The Hall–Kier alpha value is -0.0900. The van der Waals surface area contributed by atoms with E-state index in [4.69, 9.17) is 5.73 Å². The molecule has 0 aliphatic rings. The van der Waals surface area contributed by atoms with Crippen LogP contribution in [0, 0.1) is 0 Å². The number of anilines is 1. The van der Waals surface area contributed by atoms with Crippen LogP contribution in [0.5, 0.6) is 0 Å². The first-order valence-corrected chi connectivity index (χ1v) is 4.94. The van der Waals surface area contributed by atoms with E-state index in [1.54, 1.807) is 11.3 Å². The van der Waals surface area contributed by atoms with Crippen molar-refractivity contribution >= 4 is 32.4 Å². The summed E-state index contributed by atoms with van der Waals surface area (Å²) in [6.07, 6.45) is 0. The summed E-state index contributed by atoms with van der Waals surface area (Å²) in [5, 5.41) is 0.627. The quantitative estimate of drug-likeness (QED) is 0.750. The molecule has 0 fully saturated rings. The molecule has 62 valence electrons. The highest BCUT2D eigenvalue weighted by Crippen LogP contribution is 2.35. The van der Waals surface area contributed by atoms with Gasteiger partial charge in [0.1, 0.15) is 4.60 Å². The average molecular weight is 235 g/mol. The van der Waals surface area contributed by atoms with Crippen molar-refractivity contribution in [3.63, 3.8) is 0 Å². The first-order chi connectivity index (χ1) is 4.91. The van der Waals surface area contributed by atoms with Crippen LogP contribution in [0.25, 0.3) is 0 Å². The number of aromatic nitrogens is 1. The van der Waals surface area contributed by atoms with Gasteiger partial charge < -0.3 is 5.73 Å². The van der Waals surface area contributed by atoms with Gasteiger partial charge in [0.2, 0.25) is 0 Å². The van der Waals surface area contributed by atoms with Crippen LogP contribution in [-0.4, -0.2) is 4.98 Å². The summed E-state index contributed by atoms with van der Waals surface area (Å²) in [4.78, 5) is 5.29. The summed E-state index contributed by atoms with van der Waals surface area (Å²) in [6, 6.07) is 0. The lowest BCUT2D eigenvalue weighted by atomic mass is 9.96. The lowest BCUT2D eigenvalue weighted by Crippen LogP contribution is -2.09. The van der Waals surface area contributed by atoms with Gasteiger partial charge in [-0.2, -0.15) is 0 Å². The van der Waals surface area contributed by atoms with Crippen molar-refractivity contribution in [2.24, 2.45) is 0 Å². The standard InChI is InChI=1S/C7H11BrN2S/c1-7(2,3)4-5(8)10-6(9)11-4/h1-3H3,(H2,9,10). The minimum Gasteiger partial charge on any atom is -0.375 e. The molecule has 1 aromatic heterocycles. The molecule has 1 rings (SSSR count). The van der Waals surface area contributed by atoms with E-state index in [1.165, 1.54) is 4.88 Å². The fourth-order valence-electron chi connectivity index (χ4n) is 0.780. The molecule has 2 N–H and O–H groups in total. The second-order valence-corrected chi connectivity index (χ2v) is 5.20. The summed E-state index contributed by atoms with van der Waals surface area (Å²) in [5.74, 6) is 0. The van der Waals surface area contributed by atoms with E-state index in [9.17, 15) is 0 Å². The van der Waals surface area contributed by atoms with E-state index in [-0.39, 0.29) is 5.41 Å². The third kappa shape index (κ3) is 1.93. The largest absolute Gasteiger partial charge is 0.375 e. The highest BCUT2D eigenvalue weighted by atomic mass is 79.9. The second-order valence-electron chi connectivity index (χ2n) is 3.42. The molecule has 0 aliphatic heterocycles. The Morgan fingerprint density at radius 1 is 1.45 bits per heavy atom. The Bertz CT molecular complexity index is 262. The molecule has 0 atom stereocenters. The summed E-state index contributed by atoms with van der Waals surface area (Å²) in [5.41, 5.74) is 5.69. The second kappa shape index (κ2) is 2.75. The smallest absolute Gasteiger partial charge is 0.181 e. The topological polar surface area (TPSA) is 38.9 Å². The Labute approximate surface area is 79.0 Å². The molecule has 4 heteroatoms. The van der Waals surface area contributed by atoms with Crippen molar-refractivity contribution in [1.82, 2.24) is 4.98 Å². The molecule has 1 aromatic rings. The highest BCUT2D eigenvalue weighted by molar-refractivity contribution is 9.10. The minimum absolute atomic E-state index is 0.133. The molecule has 0 radical (unpaired) electrons. The number of halogens is 1. The number of hydrogen-bond donors (Lipinski definition) is 1. The van der Waals surface area contributed by atoms with Crippen LogP contribution < -0.4 is 5.73 Å². The molecule has 11 heavy (non-hydrogen) atoms. The monoisotopic (exact) mass is 234 g/mol. The van der Waals surface area contributed by atoms with Crippen molar-refractivity contribution in [1.29, 1.82) is 0 Å². The number of nitrogen functional groups attached to an aromatic ring is 1. The summed E-state index contributed by atoms with van der Waals surface area (Å²) >= 11 is 4.91. The van der Waals surface area contributed by atoms with Gasteiger partial charge in [-0.1, -0.05) is 20.8 Å². The fraction of sp³-hybridized carbons (Fsp3) is 0.571.